The summed E-state index contributed by atoms with van der Waals surface area (Å²) in [5.74, 6) is -1.85. The van der Waals surface area contributed by atoms with Crippen molar-refractivity contribution in [2.75, 3.05) is 6.61 Å². The van der Waals surface area contributed by atoms with Crippen molar-refractivity contribution in [1.82, 2.24) is 10.6 Å². The van der Waals surface area contributed by atoms with Crippen LogP contribution in [0.3, 0.4) is 0 Å². The van der Waals surface area contributed by atoms with Crippen molar-refractivity contribution in [3.8, 4) is 11.1 Å². The molecule has 9 heteroatoms. The molecule has 0 aromatic heterocycles. The van der Waals surface area contributed by atoms with Crippen LogP contribution in [0, 0.1) is 11.3 Å². The minimum absolute atomic E-state index is 0.00561. The molecular formula is C26H26F2N2O5. The highest BCUT2D eigenvalue weighted by molar-refractivity contribution is 5.86. The van der Waals surface area contributed by atoms with Crippen molar-refractivity contribution in [2.45, 2.75) is 50.1 Å². The van der Waals surface area contributed by atoms with Gasteiger partial charge in [0.2, 0.25) is 12.3 Å². The zero-order valence-corrected chi connectivity index (χ0v) is 18.9. The van der Waals surface area contributed by atoms with Gasteiger partial charge in [0.15, 0.2) is 0 Å². The number of alkyl halides is 2. The lowest BCUT2D eigenvalue weighted by Crippen LogP contribution is -2.50. The molecule has 0 bridgehead atoms. The van der Waals surface area contributed by atoms with Crippen LogP contribution in [0.5, 0.6) is 0 Å². The number of carbonyl (C=O) groups is 3. The van der Waals surface area contributed by atoms with Gasteiger partial charge in [0.25, 0.3) is 0 Å². The predicted molar refractivity (Wildman–Crippen MR) is 122 cm³/mol. The van der Waals surface area contributed by atoms with Crippen LogP contribution in [0.2, 0.25) is 0 Å². The Hall–Kier alpha value is -3.49. The number of rotatable bonds is 8. The lowest BCUT2D eigenvalue weighted by molar-refractivity contribution is -0.143. The second kappa shape index (κ2) is 8.94. The zero-order valence-electron chi connectivity index (χ0n) is 18.9. The summed E-state index contributed by atoms with van der Waals surface area (Å²) >= 11 is 0. The minimum atomic E-state index is -2.82. The van der Waals surface area contributed by atoms with E-state index in [1.54, 1.807) is 0 Å². The van der Waals surface area contributed by atoms with Crippen LogP contribution in [0.15, 0.2) is 48.5 Å². The average molecular weight is 484 g/mol. The maximum absolute atomic E-state index is 13.2. The van der Waals surface area contributed by atoms with Gasteiger partial charge < -0.3 is 20.5 Å². The van der Waals surface area contributed by atoms with E-state index in [2.05, 4.69) is 10.6 Å². The number of hydrogen-bond donors (Lipinski definition) is 3. The average Bonchev–Trinajstić information content (AvgIpc) is 3.26. The molecule has 35 heavy (non-hydrogen) atoms. The number of amides is 2. The molecule has 4 atom stereocenters. The van der Waals surface area contributed by atoms with Crippen molar-refractivity contribution in [3.05, 3.63) is 59.7 Å². The van der Waals surface area contributed by atoms with Gasteiger partial charge in [-0.2, -0.15) is 0 Å². The largest absolute Gasteiger partial charge is 0.481 e. The summed E-state index contributed by atoms with van der Waals surface area (Å²) in [6, 6.07) is 13.7. The fraction of sp³-hybridized carbons (Fsp3) is 0.423. The Kier molecular flexibility index (Phi) is 5.94. The smallest absolute Gasteiger partial charge is 0.407 e. The van der Waals surface area contributed by atoms with Crippen LogP contribution in [0.4, 0.5) is 13.6 Å². The molecule has 5 rings (SSSR count). The number of carboxylic acid groups (broad SMARTS) is 1. The number of fused-ring (bicyclic) bond motifs is 4. The molecule has 3 aliphatic carbocycles. The van der Waals surface area contributed by atoms with Crippen molar-refractivity contribution < 1.29 is 33.0 Å². The Morgan fingerprint density at radius 1 is 1.03 bits per heavy atom. The van der Waals surface area contributed by atoms with Crippen molar-refractivity contribution >= 4 is 18.0 Å². The summed E-state index contributed by atoms with van der Waals surface area (Å²) in [4.78, 5) is 36.7. The molecular weight excluding hydrogens is 458 g/mol. The first kappa shape index (κ1) is 23.3. The van der Waals surface area contributed by atoms with E-state index in [1.807, 2.05) is 48.5 Å². The normalized spacial score (nSPS) is 24.8. The van der Waals surface area contributed by atoms with Gasteiger partial charge in [-0.15, -0.1) is 0 Å². The molecule has 0 radical (unpaired) electrons. The van der Waals surface area contributed by atoms with Crippen LogP contribution < -0.4 is 10.6 Å². The summed E-state index contributed by atoms with van der Waals surface area (Å²) in [7, 11) is 0. The lowest BCUT2D eigenvalue weighted by Gasteiger charge is -2.22. The van der Waals surface area contributed by atoms with E-state index in [1.165, 1.54) is 0 Å². The predicted octanol–water partition coefficient (Wildman–Crippen LogP) is 3.92. The first-order valence-electron chi connectivity index (χ1n) is 11.7. The van der Waals surface area contributed by atoms with E-state index in [4.69, 9.17) is 4.74 Å². The van der Waals surface area contributed by atoms with E-state index >= 15 is 0 Å². The topological polar surface area (TPSA) is 105 Å². The zero-order chi connectivity index (χ0) is 24.7. The van der Waals surface area contributed by atoms with Crippen molar-refractivity contribution in [2.24, 2.45) is 11.3 Å². The number of benzene rings is 2. The Balaban J connectivity index is 1.20. The van der Waals surface area contributed by atoms with Gasteiger partial charge in [0.05, 0.1) is 5.41 Å². The first-order valence-corrected chi connectivity index (χ1v) is 11.7. The van der Waals surface area contributed by atoms with Crippen molar-refractivity contribution in [3.63, 3.8) is 0 Å². The van der Waals surface area contributed by atoms with E-state index in [0.717, 1.165) is 22.3 Å². The molecule has 7 nitrogen and oxygen atoms in total. The summed E-state index contributed by atoms with van der Waals surface area (Å²) in [6.07, 6.45) is -3.30. The molecule has 184 valence electrons. The molecule has 2 aromatic carbocycles. The van der Waals surface area contributed by atoms with Gasteiger partial charge in [-0.25, -0.2) is 13.6 Å². The van der Waals surface area contributed by atoms with Gasteiger partial charge in [0, 0.05) is 18.4 Å². The number of aliphatic carboxylic acids is 1. The Morgan fingerprint density at radius 3 is 2.23 bits per heavy atom. The van der Waals surface area contributed by atoms with Gasteiger partial charge in [0.1, 0.15) is 12.6 Å². The molecule has 3 N–H and O–H groups in total. The second-order valence-corrected chi connectivity index (χ2v) is 9.66. The van der Waals surface area contributed by atoms with Gasteiger partial charge >= 0.3 is 12.1 Å². The minimum Gasteiger partial charge on any atom is -0.481 e. The van der Waals surface area contributed by atoms with E-state index in [-0.39, 0.29) is 24.9 Å². The number of halogens is 2. The highest BCUT2D eigenvalue weighted by Crippen LogP contribution is 2.63. The summed E-state index contributed by atoms with van der Waals surface area (Å²) in [5.41, 5.74) is 3.32. The lowest BCUT2D eigenvalue weighted by atomic mass is 9.98. The molecule has 2 fully saturated rings. The Labute approximate surface area is 200 Å². The van der Waals surface area contributed by atoms with E-state index in [9.17, 15) is 28.3 Å². The van der Waals surface area contributed by atoms with Crippen LogP contribution in [0.25, 0.3) is 11.1 Å². The maximum Gasteiger partial charge on any atom is 0.407 e. The quantitative estimate of drug-likeness (QED) is 0.527. The van der Waals surface area contributed by atoms with Crippen LogP contribution in [-0.2, 0) is 14.3 Å². The Morgan fingerprint density at radius 2 is 1.66 bits per heavy atom. The van der Waals surface area contributed by atoms with Crippen LogP contribution in [-0.4, -0.2) is 48.2 Å². The van der Waals surface area contributed by atoms with Gasteiger partial charge in [-0.1, -0.05) is 48.5 Å². The SMILES string of the molecule is O=C(NC(CC(F)F)C(=O)NC1CC2CC2(C(=O)O)C1)OCC1c2ccccc2-c2ccccc21. The molecule has 2 saturated carbocycles. The molecule has 3 aliphatic rings. The number of alkyl carbamates (subject to hydrolysis) is 1. The van der Waals surface area contributed by atoms with Crippen LogP contribution >= 0.6 is 0 Å². The number of carbonyl (C=O) groups excluding carboxylic acids is 2. The number of ether oxygens (including phenoxy) is 1. The number of nitrogens with one attached hydrogen (secondary N) is 2. The maximum atomic E-state index is 13.2. The molecule has 0 spiro atoms. The molecule has 2 amide bonds. The fourth-order valence-corrected chi connectivity index (χ4v) is 5.76. The fourth-order valence-electron chi connectivity index (χ4n) is 5.76. The first-order chi connectivity index (χ1) is 16.8. The summed E-state index contributed by atoms with van der Waals surface area (Å²) in [6.45, 7) is -0.00564. The van der Waals surface area contributed by atoms with Gasteiger partial charge in [-0.3, -0.25) is 9.59 Å². The van der Waals surface area contributed by atoms with E-state index < -0.39 is 48.3 Å². The summed E-state index contributed by atoms with van der Waals surface area (Å²) < 4.78 is 31.7. The second-order valence-electron chi connectivity index (χ2n) is 9.66. The van der Waals surface area contributed by atoms with Gasteiger partial charge in [-0.05, 0) is 47.4 Å². The monoisotopic (exact) mass is 484 g/mol. The van der Waals surface area contributed by atoms with Crippen LogP contribution in [0.1, 0.15) is 42.7 Å². The highest BCUT2D eigenvalue weighted by atomic mass is 19.3. The molecule has 0 saturated heterocycles. The third-order valence-electron chi connectivity index (χ3n) is 7.55. The Bertz CT molecular complexity index is 1130. The molecule has 0 aliphatic heterocycles. The molecule has 4 unspecified atom stereocenters. The van der Waals surface area contributed by atoms with E-state index in [0.29, 0.717) is 12.8 Å². The highest BCUT2D eigenvalue weighted by Gasteiger charge is 2.65. The summed E-state index contributed by atoms with van der Waals surface area (Å²) in [5, 5.41) is 14.3. The molecule has 0 heterocycles. The standard InChI is InChI=1S/C26H26F2N2O5/c27-22(28)10-21(23(31)29-15-9-14-11-26(14,12-15)24(32)33)30-25(34)35-13-20-18-7-3-1-5-16(18)17-6-2-4-8-19(17)20/h1-8,14-15,20-22H,9-13H2,(H,29,31)(H,30,34)(H,32,33). The number of carboxylic acids is 1. The third kappa shape index (κ3) is 4.35. The van der Waals surface area contributed by atoms with Crippen molar-refractivity contribution in [1.29, 1.82) is 0 Å². The number of hydrogen-bond acceptors (Lipinski definition) is 4. The molecule has 2 aromatic rings. The third-order valence-corrected chi connectivity index (χ3v) is 7.55.